The first-order chi connectivity index (χ1) is 12.0. The lowest BCUT2D eigenvalue weighted by Gasteiger charge is -2.40. The predicted octanol–water partition coefficient (Wildman–Crippen LogP) is 2.28. The van der Waals surface area contributed by atoms with Crippen molar-refractivity contribution in [1.82, 2.24) is 24.5 Å². The molecule has 25 heavy (non-hydrogen) atoms. The van der Waals surface area contributed by atoms with Crippen molar-refractivity contribution >= 4 is 5.78 Å². The third-order valence-electron chi connectivity index (χ3n) is 5.13. The minimum absolute atomic E-state index is 0.108. The zero-order valence-corrected chi connectivity index (χ0v) is 14.7. The third kappa shape index (κ3) is 3.09. The molecule has 0 bridgehead atoms. The molecule has 6 heteroatoms. The average molecular weight is 337 g/mol. The van der Waals surface area contributed by atoms with Crippen molar-refractivity contribution in [3.8, 4) is 0 Å². The normalized spacial score (nSPS) is 21.7. The first-order valence-electron chi connectivity index (χ1n) is 8.77. The predicted molar refractivity (Wildman–Crippen MR) is 96.6 cm³/mol. The van der Waals surface area contributed by atoms with E-state index in [-0.39, 0.29) is 11.0 Å². The van der Waals surface area contributed by atoms with E-state index in [0.717, 1.165) is 25.2 Å². The maximum absolute atomic E-state index is 12.2. The van der Waals surface area contributed by atoms with Crippen LogP contribution in [0, 0.1) is 6.92 Å². The minimum Gasteiger partial charge on any atom is -0.297 e. The molecule has 2 aromatic heterocycles. The molecule has 1 N–H and O–H groups in total. The van der Waals surface area contributed by atoms with Crippen LogP contribution in [0.4, 0.5) is 0 Å². The first-order valence-corrected chi connectivity index (χ1v) is 8.77. The molecule has 0 aliphatic carbocycles. The second-order valence-corrected chi connectivity index (χ2v) is 7.27. The van der Waals surface area contributed by atoms with Gasteiger partial charge in [-0.15, -0.1) is 0 Å². The van der Waals surface area contributed by atoms with E-state index in [4.69, 9.17) is 0 Å². The van der Waals surface area contributed by atoms with E-state index >= 15 is 0 Å². The summed E-state index contributed by atoms with van der Waals surface area (Å²) in [5.41, 5.74) is 2.20. The van der Waals surface area contributed by atoms with Crippen LogP contribution in [0.5, 0.6) is 0 Å². The number of aryl methyl sites for hydroxylation is 1. The Labute approximate surface area is 146 Å². The summed E-state index contributed by atoms with van der Waals surface area (Å²) in [6.07, 6.45) is 2.33. The van der Waals surface area contributed by atoms with Gasteiger partial charge in [-0.1, -0.05) is 37.3 Å². The second kappa shape index (κ2) is 6.11. The Balaban J connectivity index is 1.57. The first kappa shape index (κ1) is 16.0. The number of nitrogens with one attached hydrogen (secondary N) is 1. The molecule has 6 nitrogen and oxygen atoms in total. The number of likely N-dealkylation sites (tertiary alicyclic amines) is 1. The summed E-state index contributed by atoms with van der Waals surface area (Å²) < 4.78 is 1.39. The summed E-state index contributed by atoms with van der Waals surface area (Å²) in [7, 11) is 0. The van der Waals surface area contributed by atoms with E-state index in [1.165, 1.54) is 16.5 Å². The van der Waals surface area contributed by atoms with Gasteiger partial charge in [-0.3, -0.25) is 14.8 Å². The maximum atomic E-state index is 12.2. The van der Waals surface area contributed by atoms with Gasteiger partial charge in [-0.25, -0.2) is 4.98 Å². The lowest BCUT2D eigenvalue weighted by molar-refractivity contribution is 0.148. The molecule has 3 aromatic rings. The summed E-state index contributed by atoms with van der Waals surface area (Å²) in [4.78, 5) is 23.5. The molecule has 130 valence electrons. The Hall–Kier alpha value is -2.47. The van der Waals surface area contributed by atoms with Crippen LogP contribution in [0.2, 0.25) is 0 Å². The number of nitrogens with zero attached hydrogens (tertiary/aromatic N) is 4. The highest BCUT2D eigenvalue weighted by molar-refractivity contribution is 5.28. The van der Waals surface area contributed by atoms with Gasteiger partial charge in [0.1, 0.15) is 5.82 Å². The van der Waals surface area contributed by atoms with Gasteiger partial charge < -0.3 is 0 Å². The summed E-state index contributed by atoms with van der Waals surface area (Å²) in [5.74, 6) is 1.14. The van der Waals surface area contributed by atoms with E-state index < -0.39 is 0 Å². The van der Waals surface area contributed by atoms with Crippen LogP contribution in [0.25, 0.3) is 5.78 Å². The molecular weight excluding hydrogens is 314 g/mol. The fourth-order valence-electron chi connectivity index (χ4n) is 3.90. The molecule has 1 aliphatic rings. The Morgan fingerprint density at radius 1 is 1.24 bits per heavy atom. The molecule has 0 saturated carbocycles. The highest BCUT2D eigenvalue weighted by Gasteiger charge is 2.32. The van der Waals surface area contributed by atoms with Crippen LogP contribution >= 0.6 is 0 Å². The molecule has 1 atom stereocenters. The number of aromatic nitrogens is 4. The fourth-order valence-corrected chi connectivity index (χ4v) is 3.90. The van der Waals surface area contributed by atoms with Crippen molar-refractivity contribution in [3.63, 3.8) is 0 Å². The molecule has 0 amide bonds. The monoisotopic (exact) mass is 337 g/mol. The lowest BCUT2D eigenvalue weighted by atomic mass is 9.76. The number of benzene rings is 1. The molecule has 0 spiro atoms. The van der Waals surface area contributed by atoms with Gasteiger partial charge in [0.15, 0.2) is 0 Å². The van der Waals surface area contributed by atoms with Gasteiger partial charge in [-0.05, 0) is 31.9 Å². The van der Waals surface area contributed by atoms with Crippen LogP contribution < -0.4 is 5.56 Å². The average Bonchev–Trinajstić information content (AvgIpc) is 2.97. The van der Waals surface area contributed by atoms with E-state index in [0.29, 0.717) is 18.1 Å². The van der Waals surface area contributed by atoms with Crippen molar-refractivity contribution in [2.24, 2.45) is 0 Å². The minimum atomic E-state index is -0.108. The molecule has 1 saturated heterocycles. The topological polar surface area (TPSA) is 66.3 Å². The molecule has 3 heterocycles. The largest absolute Gasteiger partial charge is 0.297 e. The molecule has 1 fully saturated rings. The number of aromatic amines is 1. The quantitative estimate of drug-likeness (QED) is 0.796. The number of hydrogen-bond donors (Lipinski definition) is 1. The summed E-state index contributed by atoms with van der Waals surface area (Å²) in [5, 5.41) is 2.91. The van der Waals surface area contributed by atoms with Crippen molar-refractivity contribution in [1.29, 1.82) is 0 Å². The number of fused-ring (bicyclic) bond motifs is 1. The zero-order chi connectivity index (χ0) is 17.4. The Morgan fingerprint density at radius 2 is 2.04 bits per heavy atom. The van der Waals surface area contributed by atoms with Crippen LogP contribution in [0.1, 0.15) is 36.8 Å². The summed E-state index contributed by atoms with van der Waals surface area (Å²) in [6, 6.07) is 12.3. The molecule has 1 aromatic carbocycles. The molecular formula is C19H23N5O. The standard InChI is InChI=1S/C19H23N5O/c1-14-20-18-21-16(11-17(25)24(18)22-14)12-23-10-6-9-19(2,13-23)15-7-4-3-5-8-15/h3-5,7-8,11H,6,9-10,12-13H2,1-2H3,(H,20,21,22)/t19-/m1/s1. The van der Waals surface area contributed by atoms with E-state index in [9.17, 15) is 4.79 Å². The second-order valence-electron chi connectivity index (χ2n) is 7.27. The molecule has 0 radical (unpaired) electrons. The Kier molecular flexibility index (Phi) is 3.92. The third-order valence-corrected chi connectivity index (χ3v) is 5.13. The van der Waals surface area contributed by atoms with E-state index in [2.05, 4.69) is 57.2 Å². The van der Waals surface area contributed by atoms with Crippen LogP contribution in [-0.4, -0.2) is 37.6 Å². The van der Waals surface area contributed by atoms with Crippen molar-refractivity contribution in [3.05, 3.63) is 63.8 Å². The van der Waals surface area contributed by atoms with Gasteiger partial charge in [0, 0.05) is 24.6 Å². The van der Waals surface area contributed by atoms with Crippen LogP contribution in [0.3, 0.4) is 0 Å². The molecule has 1 aliphatic heterocycles. The summed E-state index contributed by atoms with van der Waals surface area (Å²) >= 11 is 0. The van der Waals surface area contributed by atoms with Crippen molar-refractivity contribution in [2.45, 2.75) is 38.6 Å². The Morgan fingerprint density at radius 3 is 2.84 bits per heavy atom. The van der Waals surface area contributed by atoms with Crippen molar-refractivity contribution in [2.75, 3.05) is 13.1 Å². The lowest BCUT2D eigenvalue weighted by Crippen LogP contribution is -2.44. The number of H-pyrrole nitrogens is 1. The van der Waals surface area contributed by atoms with Gasteiger partial charge in [-0.2, -0.15) is 9.50 Å². The maximum Gasteiger partial charge on any atom is 0.274 e. The number of rotatable bonds is 3. The van der Waals surface area contributed by atoms with Crippen LogP contribution in [0.15, 0.2) is 41.2 Å². The van der Waals surface area contributed by atoms with Gasteiger partial charge in [0.05, 0.1) is 5.69 Å². The highest BCUT2D eigenvalue weighted by Crippen LogP contribution is 2.33. The molecule has 0 unspecified atom stereocenters. The highest BCUT2D eigenvalue weighted by atomic mass is 16.1. The van der Waals surface area contributed by atoms with Gasteiger partial charge in [0.2, 0.25) is 0 Å². The van der Waals surface area contributed by atoms with Gasteiger partial charge >= 0.3 is 0 Å². The van der Waals surface area contributed by atoms with Crippen molar-refractivity contribution < 1.29 is 0 Å². The summed E-state index contributed by atoms with van der Waals surface area (Å²) in [6.45, 7) is 6.83. The fraction of sp³-hybridized carbons (Fsp3) is 0.421. The van der Waals surface area contributed by atoms with Gasteiger partial charge in [0.25, 0.3) is 11.3 Å². The number of piperidine rings is 1. The Bertz CT molecular complexity index is 945. The van der Waals surface area contributed by atoms with E-state index in [1.807, 2.05) is 6.92 Å². The molecule has 4 rings (SSSR count). The number of hydrogen-bond acceptors (Lipinski definition) is 4. The zero-order valence-electron chi connectivity index (χ0n) is 14.7. The van der Waals surface area contributed by atoms with Crippen LogP contribution in [-0.2, 0) is 12.0 Å². The SMILES string of the molecule is Cc1nc2nc(CN3CCC[C@@](C)(c4ccccc4)C3)cc(=O)n2[nH]1. The smallest absolute Gasteiger partial charge is 0.274 e. The van der Waals surface area contributed by atoms with E-state index in [1.54, 1.807) is 6.07 Å².